The number of nitrogens with zero attached hydrogens (tertiary/aromatic N) is 1. The van der Waals surface area contributed by atoms with E-state index in [1.165, 1.54) is 12.1 Å². The minimum absolute atomic E-state index is 0.00707. The van der Waals surface area contributed by atoms with Crippen LogP contribution < -0.4 is 10.5 Å². The zero-order valence-electron chi connectivity index (χ0n) is 11.0. The van der Waals surface area contributed by atoms with Gasteiger partial charge >= 0.3 is 0 Å². The van der Waals surface area contributed by atoms with Crippen LogP contribution >= 0.6 is 0 Å². The van der Waals surface area contributed by atoms with Crippen molar-refractivity contribution in [3.8, 4) is 17.6 Å². The molecule has 0 amide bonds. The Morgan fingerprint density at radius 3 is 2.43 bits per heavy atom. The van der Waals surface area contributed by atoms with E-state index in [0.29, 0.717) is 11.3 Å². The number of rotatable bonds is 2. The lowest BCUT2D eigenvalue weighted by Crippen LogP contribution is -1.96. The monoisotopic (exact) mass is 278 g/mol. The second-order valence-electron chi connectivity index (χ2n) is 4.53. The molecular weight excluding hydrogens is 267 g/mol. The third-order valence-electron chi connectivity index (χ3n) is 3.21. The lowest BCUT2D eigenvalue weighted by molar-refractivity contribution is 0.449. The minimum Gasteiger partial charge on any atom is -0.451 e. The van der Waals surface area contributed by atoms with Crippen LogP contribution in [0.1, 0.15) is 5.56 Å². The van der Waals surface area contributed by atoms with Gasteiger partial charge < -0.3 is 10.5 Å². The molecule has 0 spiro atoms. The molecule has 0 aliphatic carbocycles. The van der Waals surface area contributed by atoms with Crippen LogP contribution in [0.25, 0.3) is 10.8 Å². The first-order valence-corrected chi connectivity index (χ1v) is 6.34. The zero-order valence-corrected chi connectivity index (χ0v) is 11.0. The summed E-state index contributed by atoms with van der Waals surface area (Å²) in [4.78, 5) is 0. The number of para-hydroxylation sites is 1. The molecule has 102 valence electrons. The average Bonchev–Trinajstić information content (AvgIpc) is 2.51. The summed E-state index contributed by atoms with van der Waals surface area (Å²) in [5.74, 6) is -0.0720. The SMILES string of the molecule is N#Cc1ccc(Oc2c(N)cccc2F)c2ccccc12. The highest BCUT2D eigenvalue weighted by Crippen LogP contribution is 2.35. The van der Waals surface area contributed by atoms with E-state index in [-0.39, 0.29) is 11.4 Å². The number of nitrogens with two attached hydrogens (primary N) is 1. The van der Waals surface area contributed by atoms with E-state index in [1.54, 1.807) is 18.2 Å². The van der Waals surface area contributed by atoms with E-state index in [4.69, 9.17) is 15.7 Å². The van der Waals surface area contributed by atoms with Crippen molar-refractivity contribution < 1.29 is 9.13 Å². The lowest BCUT2D eigenvalue weighted by atomic mass is 10.0. The molecule has 3 aromatic carbocycles. The maximum atomic E-state index is 13.8. The molecule has 0 atom stereocenters. The van der Waals surface area contributed by atoms with Crippen molar-refractivity contribution in [1.82, 2.24) is 0 Å². The van der Waals surface area contributed by atoms with Crippen molar-refractivity contribution in [2.75, 3.05) is 5.73 Å². The Hall–Kier alpha value is -3.06. The Morgan fingerprint density at radius 2 is 1.71 bits per heavy atom. The molecular formula is C17H11FN2O. The summed E-state index contributed by atoms with van der Waals surface area (Å²) in [6.45, 7) is 0. The standard InChI is InChI=1S/C17H11FN2O/c18-14-6-3-7-15(20)17(14)21-16-9-8-11(10-19)12-4-1-2-5-13(12)16/h1-9H,20H2. The molecule has 0 saturated heterocycles. The Labute approximate surface area is 121 Å². The van der Waals surface area contributed by atoms with Crippen LogP contribution in [0.3, 0.4) is 0 Å². The normalized spacial score (nSPS) is 10.3. The van der Waals surface area contributed by atoms with Gasteiger partial charge in [0.15, 0.2) is 11.6 Å². The summed E-state index contributed by atoms with van der Waals surface area (Å²) in [6, 6.07) is 17.1. The Kier molecular flexibility index (Phi) is 3.17. The van der Waals surface area contributed by atoms with Crippen LogP contribution in [0.15, 0.2) is 54.6 Å². The highest BCUT2D eigenvalue weighted by molar-refractivity contribution is 5.93. The summed E-state index contributed by atoms with van der Waals surface area (Å²) in [7, 11) is 0. The highest BCUT2D eigenvalue weighted by atomic mass is 19.1. The first-order valence-electron chi connectivity index (χ1n) is 6.34. The van der Waals surface area contributed by atoms with E-state index in [1.807, 2.05) is 24.3 Å². The number of nitrogen functional groups attached to an aromatic ring is 1. The van der Waals surface area contributed by atoms with Gasteiger partial charge in [0.2, 0.25) is 0 Å². The molecule has 3 rings (SSSR count). The maximum Gasteiger partial charge on any atom is 0.185 e. The summed E-state index contributed by atoms with van der Waals surface area (Å²) in [5.41, 5.74) is 6.52. The van der Waals surface area contributed by atoms with Gasteiger partial charge in [-0.05, 0) is 24.3 Å². The van der Waals surface area contributed by atoms with E-state index in [2.05, 4.69) is 6.07 Å². The van der Waals surface area contributed by atoms with Gasteiger partial charge in [-0.1, -0.05) is 30.3 Å². The quantitative estimate of drug-likeness (QED) is 0.714. The zero-order chi connectivity index (χ0) is 14.8. The fraction of sp³-hybridized carbons (Fsp3) is 0. The van der Waals surface area contributed by atoms with Crippen molar-refractivity contribution in [3.63, 3.8) is 0 Å². The summed E-state index contributed by atoms with van der Waals surface area (Å²) in [6.07, 6.45) is 0. The van der Waals surface area contributed by atoms with Gasteiger partial charge in [0.1, 0.15) is 5.75 Å². The minimum atomic E-state index is -0.525. The van der Waals surface area contributed by atoms with Gasteiger partial charge in [-0.3, -0.25) is 0 Å². The van der Waals surface area contributed by atoms with Crippen LogP contribution in [0.2, 0.25) is 0 Å². The van der Waals surface area contributed by atoms with Gasteiger partial charge in [0, 0.05) is 10.8 Å². The molecule has 0 unspecified atom stereocenters. The molecule has 0 aromatic heterocycles. The number of ether oxygens (including phenoxy) is 1. The van der Waals surface area contributed by atoms with Crippen LogP contribution in [0.4, 0.5) is 10.1 Å². The number of anilines is 1. The van der Waals surface area contributed by atoms with Crippen LogP contribution in [0, 0.1) is 17.1 Å². The van der Waals surface area contributed by atoms with Gasteiger partial charge in [-0.15, -0.1) is 0 Å². The Morgan fingerprint density at radius 1 is 0.952 bits per heavy atom. The summed E-state index contributed by atoms with van der Waals surface area (Å²) < 4.78 is 19.5. The van der Waals surface area contributed by atoms with Crippen molar-refractivity contribution in [1.29, 1.82) is 5.26 Å². The average molecular weight is 278 g/mol. The van der Waals surface area contributed by atoms with E-state index in [0.717, 1.165) is 10.8 Å². The van der Waals surface area contributed by atoms with Gasteiger partial charge in [0.05, 0.1) is 17.3 Å². The molecule has 0 aliphatic rings. The second-order valence-corrected chi connectivity index (χ2v) is 4.53. The smallest absolute Gasteiger partial charge is 0.185 e. The molecule has 3 aromatic rings. The third kappa shape index (κ3) is 2.26. The molecule has 0 saturated carbocycles. The van der Waals surface area contributed by atoms with Crippen LogP contribution in [-0.2, 0) is 0 Å². The van der Waals surface area contributed by atoms with Gasteiger partial charge in [-0.25, -0.2) is 4.39 Å². The molecule has 2 N–H and O–H groups in total. The van der Waals surface area contributed by atoms with Crippen molar-refractivity contribution in [2.45, 2.75) is 0 Å². The largest absolute Gasteiger partial charge is 0.451 e. The van der Waals surface area contributed by atoms with Crippen LogP contribution in [0.5, 0.6) is 11.5 Å². The summed E-state index contributed by atoms with van der Waals surface area (Å²) in [5, 5.41) is 10.6. The van der Waals surface area contributed by atoms with Crippen molar-refractivity contribution >= 4 is 16.5 Å². The molecule has 0 heterocycles. The molecule has 0 fully saturated rings. The maximum absolute atomic E-state index is 13.8. The Bertz CT molecular complexity index is 848. The highest BCUT2D eigenvalue weighted by Gasteiger charge is 2.12. The molecule has 21 heavy (non-hydrogen) atoms. The van der Waals surface area contributed by atoms with Gasteiger partial charge in [0.25, 0.3) is 0 Å². The predicted molar refractivity (Wildman–Crippen MR) is 79.5 cm³/mol. The number of hydrogen-bond donors (Lipinski definition) is 1. The van der Waals surface area contributed by atoms with Gasteiger partial charge in [-0.2, -0.15) is 5.26 Å². The van der Waals surface area contributed by atoms with E-state index in [9.17, 15) is 4.39 Å². The molecule has 0 radical (unpaired) electrons. The van der Waals surface area contributed by atoms with Crippen molar-refractivity contribution in [3.05, 3.63) is 66.0 Å². The van der Waals surface area contributed by atoms with E-state index >= 15 is 0 Å². The fourth-order valence-corrected chi connectivity index (χ4v) is 2.20. The number of halogens is 1. The number of fused-ring (bicyclic) bond motifs is 1. The molecule has 0 aliphatic heterocycles. The van der Waals surface area contributed by atoms with E-state index < -0.39 is 5.82 Å². The van der Waals surface area contributed by atoms with Crippen LogP contribution in [-0.4, -0.2) is 0 Å². The third-order valence-corrected chi connectivity index (χ3v) is 3.21. The first kappa shape index (κ1) is 12.9. The number of nitriles is 1. The number of benzene rings is 3. The predicted octanol–water partition coefficient (Wildman–Crippen LogP) is 4.23. The molecule has 4 heteroatoms. The molecule has 0 bridgehead atoms. The fourth-order valence-electron chi connectivity index (χ4n) is 2.20. The first-order chi connectivity index (χ1) is 10.2. The summed E-state index contributed by atoms with van der Waals surface area (Å²) >= 11 is 0. The number of hydrogen-bond acceptors (Lipinski definition) is 3. The topological polar surface area (TPSA) is 59.0 Å². The Balaban J connectivity index is 2.17. The van der Waals surface area contributed by atoms with Crippen molar-refractivity contribution in [2.24, 2.45) is 0 Å². The molecule has 3 nitrogen and oxygen atoms in total. The second kappa shape index (κ2) is 5.14. The lowest BCUT2D eigenvalue weighted by Gasteiger charge is -2.12.